The first-order valence-electron chi connectivity index (χ1n) is 11.6. The highest BCUT2D eigenvalue weighted by molar-refractivity contribution is 5.79. The summed E-state index contributed by atoms with van der Waals surface area (Å²) in [5.74, 6) is 3.03. The maximum absolute atomic E-state index is 12.8. The largest absolute Gasteiger partial charge is 0.457 e. The van der Waals surface area contributed by atoms with E-state index in [0.717, 1.165) is 62.4 Å². The van der Waals surface area contributed by atoms with Crippen LogP contribution in [0.5, 0.6) is 11.5 Å². The summed E-state index contributed by atoms with van der Waals surface area (Å²) in [4.78, 5) is 21.8. The molecule has 1 saturated heterocycles. The van der Waals surface area contributed by atoms with Crippen molar-refractivity contribution in [2.45, 2.75) is 38.3 Å². The number of ether oxygens (including phenoxy) is 1. The van der Waals surface area contributed by atoms with Crippen molar-refractivity contribution >= 4 is 5.91 Å². The monoisotopic (exact) mass is 428 g/mol. The highest BCUT2D eigenvalue weighted by Crippen LogP contribution is 2.34. The number of nitrogens with zero attached hydrogens (tertiary/aromatic N) is 4. The summed E-state index contributed by atoms with van der Waals surface area (Å²) in [6.45, 7) is 3.67. The zero-order valence-corrected chi connectivity index (χ0v) is 18.2. The number of benzene rings is 2. The fraction of sp³-hybridized carbons (Fsp3) is 0.385. The van der Waals surface area contributed by atoms with Crippen LogP contribution < -0.4 is 4.74 Å². The van der Waals surface area contributed by atoms with Gasteiger partial charge in [-0.15, -0.1) is 0 Å². The molecule has 4 aliphatic rings. The molecule has 6 heteroatoms. The van der Waals surface area contributed by atoms with Crippen LogP contribution in [0.2, 0.25) is 0 Å². The molecule has 6 nitrogen and oxygen atoms in total. The lowest BCUT2D eigenvalue weighted by Gasteiger charge is -2.34. The van der Waals surface area contributed by atoms with Gasteiger partial charge in [0.05, 0.1) is 12.6 Å². The van der Waals surface area contributed by atoms with Gasteiger partial charge in [-0.2, -0.15) is 0 Å². The number of carbonyl (C=O) groups is 1. The number of carbonyl (C=O) groups excluding carboxylic acids is 1. The Bertz CT molecular complexity index is 1150. The number of amides is 1. The number of hydrogen-bond acceptors (Lipinski definition) is 4. The average Bonchev–Trinajstić information content (AvgIpc) is 3.23. The van der Waals surface area contributed by atoms with E-state index in [1.807, 2.05) is 29.3 Å². The first-order chi connectivity index (χ1) is 15.7. The number of aryl methyl sites for hydroxylation is 1. The molecule has 1 fully saturated rings. The smallest absolute Gasteiger partial charge is 0.237 e. The second-order valence-corrected chi connectivity index (χ2v) is 9.11. The molecule has 0 saturated carbocycles. The van der Waals surface area contributed by atoms with Gasteiger partial charge in [-0.25, -0.2) is 4.98 Å². The minimum Gasteiger partial charge on any atom is -0.457 e. The van der Waals surface area contributed by atoms with Crippen molar-refractivity contribution in [3.63, 3.8) is 0 Å². The van der Waals surface area contributed by atoms with E-state index in [1.54, 1.807) is 0 Å². The molecule has 2 atom stereocenters. The quantitative estimate of drug-likeness (QED) is 0.547. The summed E-state index contributed by atoms with van der Waals surface area (Å²) in [5, 5.41) is 0. The molecule has 0 aliphatic carbocycles. The van der Waals surface area contributed by atoms with Crippen molar-refractivity contribution in [1.29, 1.82) is 0 Å². The predicted octanol–water partition coefficient (Wildman–Crippen LogP) is 3.80. The van der Waals surface area contributed by atoms with Gasteiger partial charge in [0, 0.05) is 50.9 Å². The van der Waals surface area contributed by atoms with Gasteiger partial charge in [-0.3, -0.25) is 9.69 Å². The molecule has 1 amide bonds. The van der Waals surface area contributed by atoms with E-state index in [4.69, 9.17) is 9.72 Å². The summed E-state index contributed by atoms with van der Waals surface area (Å²) >= 11 is 0. The molecule has 3 aromatic rings. The van der Waals surface area contributed by atoms with Crippen LogP contribution >= 0.6 is 0 Å². The van der Waals surface area contributed by atoms with Crippen molar-refractivity contribution < 1.29 is 9.53 Å². The average molecular weight is 429 g/mol. The molecule has 7 rings (SSSR count). The van der Waals surface area contributed by atoms with E-state index in [1.165, 1.54) is 17.1 Å². The lowest BCUT2D eigenvalue weighted by Crippen LogP contribution is -2.50. The van der Waals surface area contributed by atoms with Crippen molar-refractivity contribution in [2.75, 3.05) is 26.2 Å². The summed E-state index contributed by atoms with van der Waals surface area (Å²) in [6, 6.07) is 16.9. The number of imidazole rings is 1. The van der Waals surface area contributed by atoms with Crippen molar-refractivity contribution in [1.82, 2.24) is 19.4 Å². The van der Waals surface area contributed by atoms with Crippen molar-refractivity contribution in [3.8, 4) is 11.5 Å². The number of piperazine rings is 1. The number of aromatic nitrogens is 2. The summed E-state index contributed by atoms with van der Waals surface area (Å²) in [7, 11) is 0. The zero-order chi connectivity index (χ0) is 21.5. The molecule has 6 bridgehead atoms. The van der Waals surface area contributed by atoms with E-state index < -0.39 is 0 Å². The maximum Gasteiger partial charge on any atom is 0.237 e. The predicted molar refractivity (Wildman–Crippen MR) is 122 cm³/mol. The molecule has 2 unspecified atom stereocenters. The van der Waals surface area contributed by atoms with Crippen LogP contribution in [0, 0.1) is 0 Å². The van der Waals surface area contributed by atoms with Gasteiger partial charge in [-0.1, -0.05) is 24.3 Å². The molecule has 4 aliphatic heterocycles. The molecule has 0 N–H and O–H groups in total. The lowest BCUT2D eigenvalue weighted by atomic mass is 9.96. The van der Waals surface area contributed by atoms with Gasteiger partial charge in [0.25, 0.3) is 0 Å². The van der Waals surface area contributed by atoms with Crippen LogP contribution in [0.1, 0.15) is 41.5 Å². The third kappa shape index (κ3) is 3.69. The third-order valence-electron chi connectivity index (χ3n) is 6.97. The first-order valence-corrected chi connectivity index (χ1v) is 11.6. The lowest BCUT2D eigenvalue weighted by molar-refractivity contribution is -0.136. The summed E-state index contributed by atoms with van der Waals surface area (Å²) in [5.41, 5.74) is 3.64. The highest BCUT2D eigenvalue weighted by atomic mass is 16.5. The Morgan fingerprint density at radius 3 is 2.72 bits per heavy atom. The van der Waals surface area contributed by atoms with E-state index >= 15 is 0 Å². The van der Waals surface area contributed by atoms with Gasteiger partial charge >= 0.3 is 0 Å². The fourth-order valence-corrected chi connectivity index (χ4v) is 5.32. The standard InChI is InChI=1S/C26H28N4O2/c31-26-18-28-11-10-21-16-27-25-9-3-8-24(30(21)25)20-5-2-7-23(15-20)32-22-6-1-4-19(14-22)17-29(26)13-12-28/h1-2,4-7,14-16,24H,3,8-13,17-18H2. The van der Waals surface area contributed by atoms with Crippen LogP contribution in [0.4, 0.5) is 0 Å². The van der Waals surface area contributed by atoms with E-state index in [9.17, 15) is 4.79 Å². The normalized spacial score (nSPS) is 22.8. The van der Waals surface area contributed by atoms with Crippen LogP contribution in [0.3, 0.4) is 0 Å². The molecule has 164 valence electrons. The van der Waals surface area contributed by atoms with E-state index in [-0.39, 0.29) is 11.9 Å². The van der Waals surface area contributed by atoms with Gasteiger partial charge in [-0.05, 0) is 48.2 Å². The van der Waals surface area contributed by atoms with E-state index in [2.05, 4.69) is 39.8 Å². The second-order valence-electron chi connectivity index (χ2n) is 9.11. The Morgan fingerprint density at radius 1 is 0.938 bits per heavy atom. The number of rotatable bonds is 0. The molecular weight excluding hydrogens is 400 g/mol. The van der Waals surface area contributed by atoms with Gasteiger partial charge < -0.3 is 14.2 Å². The van der Waals surface area contributed by atoms with Crippen LogP contribution in [0.25, 0.3) is 0 Å². The van der Waals surface area contributed by atoms with Crippen molar-refractivity contribution in [2.24, 2.45) is 0 Å². The van der Waals surface area contributed by atoms with Crippen LogP contribution in [-0.2, 0) is 24.2 Å². The Hall–Kier alpha value is -3.12. The Morgan fingerprint density at radius 2 is 1.81 bits per heavy atom. The molecule has 5 heterocycles. The van der Waals surface area contributed by atoms with Gasteiger partial charge in [0.2, 0.25) is 5.91 Å². The minimum atomic E-state index is 0.201. The maximum atomic E-state index is 12.8. The first kappa shape index (κ1) is 19.6. The minimum absolute atomic E-state index is 0.201. The molecule has 1 aromatic heterocycles. The zero-order valence-electron chi connectivity index (χ0n) is 18.2. The van der Waals surface area contributed by atoms with Crippen LogP contribution in [-0.4, -0.2) is 51.4 Å². The molecule has 0 radical (unpaired) electrons. The Labute approximate surface area is 188 Å². The third-order valence-corrected chi connectivity index (χ3v) is 6.97. The Kier molecular flexibility index (Phi) is 4.95. The van der Waals surface area contributed by atoms with Gasteiger partial charge in [0.1, 0.15) is 17.3 Å². The molecule has 0 spiro atoms. The Balaban J connectivity index is 1.41. The topological polar surface area (TPSA) is 50.6 Å². The SMILES string of the molecule is O=C1CN2CCc3cnc4n3C(CCC4)c3cccc(c3)Oc3cccc(c3)CN1CC2. The molecule has 32 heavy (non-hydrogen) atoms. The summed E-state index contributed by atoms with van der Waals surface area (Å²) < 4.78 is 8.71. The second kappa shape index (κ2) is 8.10. The number of fused-ring (bicyclic) bond motifs is 3. The molecule has 2 aromatic carbocycles. The van der Waals surface area contributed by atoms with Crippen molar-refractivity contribution in [3.05, 3.63) is 77.4 Å². The van der Waals surface area contributed by atoms with E-state index in [0.29, 0.717) is 13.1 Å². The van der Waals surface area contributed by atoms with Crippen LogP contribution in [0.15, 0.2) is 54.7 Å². The number of hydrogen-bond donors (Lipinski definition) is 0. The highest BCUT2D eigenvalue weighted by Gasteiger charge is 2.27. The van der Waals surface area contributed by atoms with Gasteiger partial charge in [0.15, 0.2) is 0 Å². The fourth-order valence-electron chi connectivity index (χ4n) is 5.32. The molecular formula is C26H28N4O2. The summed E-state index contributed by atoms with van der Waals surface area (Å²) in [6.07, 6.45) is 6.23.